The number of anilines is 3. The molecule has 28 heavy (non-hydrogen) atoms. The fourth-order valence-electron chi connectivity index (χ4n) is 2.06. The molecular formula is C21H25N3O4. The monoisotopic (exact) mass is 383 g/mol. The minimum atomic E-state index is -0.693. The van der Waals surface area contributed by atoms with E-state index in [2.05, 4.69) is 27.8 Å². The second-order valence-corrected chi connectivity index (χ2v) is 6.89. The summed E-state index contributed by atoms with van der Waals surface area (Å²) in [7, 11) is 0. The highest BCUT2D eigenvalue weighted by Crippen LogP contribution is 2.27. The van der Waals surface area contributed by atoms with Gasteiger partial charge in [-0.2, -0.15) is 0 Å². The highest BCUT2D eigenvalue weighted by atomic mass is 16.6. The zero-order chi connectivity index (χ0) is 21.2. The number of terminal acetylenes is 2. The molecule has 0 spiro atoms. The minimum Gasteiger partial charge on any atom is -0.444 e. The van der Waals surface area contributed by atoms with Crippen molar-refractivity contribution in [2.75, 3.05) is 16.0 Å². The van der Waals surface area contributed by atoms with E-state index >= 15 is 0 Å². The van der Waals surface area contributed by atoms with Crippen LogP contribution >= 0.6 is 0 Å². The van der Waals surface area contributed by atoms with Gasteiger partial charge in [0.05, 0.1) is 11.4 Å². The third kappa shape index (κ3) is 8.77. The molecule has 0 aromatic heterocycles. The average Bonchev–Trinajstić information content (AvgIpc) is 2.58. The van der Waals surface area contributed by atoms with Crippen LogP contribution in [0.3, 0.4) is 0 Å². The van der Waals surface area contributed by atoms with Crippen molar-refractivity contribution >= 4 is 35.0 Å². The van der Waals surface area contributed by atoms with Crippen LogP contribution < -0.4 is 16.0 Å². The molecule has 148 valence electrons. The van der Waals surface area contributed by atoms with Crippen molar-refractivity contribution in [3.63, 3.8) is 0 Å². The Labute approximate surface area is 165 Å². The van der Waals surface area contributed by atoms with Crippen molar-refractivity contribution in [3.8, 4) is 24.7 Å². The largest absolute Gasteiger partial charge is 0.444 e. The van der Waals surface area contributed by atoms with Crippen molar-refractivity contribution in [2.24, 2.45) is 0 Å². The van der Waals surface area contributed by atoms with Gasteiger partial charge in [0.25, 0.3) is 0 Å². The number of carbonyl (C=O) groups is 3. The lowest BCUT2D eigenvalue weighted by Crippen LogP contribution is -2.27. The fourth-order valence-corrected chi connectivity index (χ4v) is 2.06. The molecule has 1 rings (SSSR count). The molecule has 0 atom stereocenters. The molecule has 0 aliphatic heterocycles. The molecule has 7 nitrogen and oxygen atoms in total. The summed E-state index contributed by atoms with van der Waals surface area (Å²) in [6.07, 6.45) is 10.6. The maximum atomic E-state index is 12.1. The SMILES string of the molecule is C#CCCC(=O)Nc1ccc(NC(=O)CCC#C)c(NC(=O)OC(C)(C)C)c1. The number of hydrogen-bond acceptors (Lipinski definition) is 4. The normalized spacial score (nSPS) is 10.2. The smallest absolute Gasteiger partial charge is 0.412 e. The second-order valence-electron chi connectivity index (χ2n) is 6.89. The maximum Gasteiger partial charge on any atom is 0.412 e. The van der Waals surface area contributed by atoms with Crippen molar-refractivity contribution in [2.45, 2.75) is 52.1 Å². The molecule has 0 fully saturated rings. The Morgan fingerprint density at radius 2 is 1.50 bits per heavy atom. The summed E-state index contributed by atoms with van der Waals surface area (Å²) < 4.78 is 5.24. The highest BCUT2D eigenvalue weighted by Gasteiger charge is 2.18. The maximum absolute atomic E-state index is 12.1. The summed E-state index contributed by atoms with van der Waals surface area (Å²) in [4.78, 5) is 36.0. The van der Waals surface area contributed by atoms with Crippen molar-refractivity contribution < 1.29 is 19.1 Å². The molecule has 0 saturated carbocycles. The zero-order valence-electron chi connectivity index (χ0n) is 16.3. The summed E-state index contributed by atoms with van der Waals surface area (Å²) in [6.45, 7) is 5.20. The number of rotatable bonds is 7. The number of amides is 3. The van der Waals surface area contributed by atoms with Crippen LogP contribution in [0.2, 0.25) is 0 Å². The minimum absolute atomic E-state index is 0.146. The van der Waals surface area contributed by atoms with Gasteiger partial charge in [-0.1, -0.05) is 0 Å². The topological polar surface area (TPSA) is 96.5 Å². The van der Waals surface area contributed by atoms with E-state index in [-0.39, 0.29) is 30.3 Å². The zero-order valence-corrected chi connectivity index (χ0v) is 16.3. The molecule has 1 aromatic carbocycles. The number of ether oxygens (including phenoxy) is 1. The van der Waals surface area contributed by atoms with Crippen LogP contribution in [0.4, 0.5) is 21.9 Å². The first kappa shape index (κ1) is 22.6. The first-order valence-electron chi connectivity index (χ1n) is 8.75. The van der Waals surface area contributed by atoms with Gasteiger partial charge in [0.2, 0.25) is 11.8 Å². The molecule has 3 N–H and O–H groups in total. The first-order valence-corrected chi connectivity index (χ1v) is 8.75. The van der Waals surface area contributed by atoms with E-state index in [1.165, 1.54) is 6.07 Å². The molecule has 1 aromatic rings. The van der Waals surface area contributed by atoms with Gasteiger partial charge >= 0.3 is 6.09 Å². The molecule has 0 aliphatic rings. The lowest BCUT2D eigenvalue weighted by Gasteiger charge is -2.21. The Hall–Kier alpha value is -3.45. The van der Waals surface area contributed by atoms with E-state index in [9.17, 15) is 14.4 Å². The lowest BCUT2D eigenvalue weighted by molar-refractivity contribution is -0.116. The van der Waals surface area contributed by atoms with E-state index in [0.717, 1.165) is 0 Å². The molecule has 0 aliphatic carbocycles. The molecule has 0 unspecified atom stereocenters. The number of benzene rings is 1. The predicted molar refractivity (Wildman–Crippen MR) is 110 cm³/mol. The van der Waals surface area contributed by atoms with Gasteiger partial charge in [-0.05, 0) is 39.0 Å². The van der Waals surface area contributed by atoms with Crippen molar-refractivity contribution in [1.29, 1.82) is 0 Å². The summed E-state index contributed by atoms with van der Waals surface area (Å²) in [5.41, 5.74) is 0.378. The van der Waals surface area contributed by atoms with Crippen LogP contribution in [-0.4, -0.2) is 23.5 Å². The molecule has 0 heterocycles. The summed E-state index contributed by atoms with van der Waals surface area (Å²) in [6, 6.07) is 4.69. The molecule has 0 saturated heterocycles. The van der Waals surface area contributed by atoms with Crippen molar-refractivity contribution in [1.82, 2.24) is 0 Å². The molecular weight excluding hydrogens is 358 g/mol. The lowest BCUT2D eigenvalue weighted by atomic mass is 10.2. The van der Waals surface area contributed by atoms with E-state index < -0.39 is 11.7 Å². The molecule has 7 heteroatoms. The molecule has 0 bridgehead atoms. The van der Waals surface area contributed by atoms with Gasteiger partial charge in [-0.15, -0.1) is 24.7 Å². The van der Waals surface area contributed by atoms with Crippen LogP contribution in [0.15, 0.2) is 18.2 Å². The van der Waals surface area contributed by atoms with Crippen molar-refractivity contribution in [3.05, 3.63) is 18.2 Å². The Morgan fingerprint density at radius 1 is 0.929 bits per heavy atom. The van der Waals surface area contributed by atoms with Gasteiger partial charge in [0.1, 0.15) is 5.60 Å². The van der Waals surface area contributed by atoms with Crippen LogP contribution in [0.5, 0.6) is 0 Å². The van der Waals surface area contributed by atoms with Gasteiger partial charge in [-0.3, -0.25) is 14.9 Å². The van der Waals surface area contributed by atoms with Crippen LogP contribution in [-0.2, 0) is 14.3 Å². The standard InChI is InChI=1S/C21H25N3O4/c1-6-8-10-18(25)22-15-12-13-16(23-19(26)11-9-7-2)17(14-15)24-20(27)28-21(3,4)5/h1-2,12-14H,8-11H2,3-5H3,(H,22,25)(H,23,26)(H,24,27). The number of nitrogens with one attached hydrogen (secondary N) is 3. The summed E-state index contributed by atoms with van der Waals surface area (Å²) >= 11 is 0. The van der Waals surface area contributed by atoms with Crippen LogP contribution in [0.1, 0.15) is 46.5 Å². The van der Waals surface area contributed by atoms with E-state index in [1.54, 1.807) is 32.9 Å². The highest BCUT2D eigenvalue weighted by molar-refractivity contribution is 6.00. The molecule has 0 radical (unpaired) electrons. The number of carbonyl (C=O) groups excluding carboxylic acids is 3. The Balaban J connectivity index is 3.02. The van der Waals surface area contributed by atoms with E-state index in [0.29, 0.717) is 24.2 Å². The van der Waals surface area contributed by atoms with Crippen LogP contribution in [0.25, 0.3) is 0 Å². The fraction of sp³-hybridized carbons (Fsp3) is 0.381. The third-order valence-electron chi connectivity index (χ3n) is 3.21. The quantitative estimate of drug-likeness (QED) is 0.625. The summed E-state index contributed by atoms with van der Waals surface area (Å²) in [5.74, 6) is 4.23. The summed E-state index contributed by atoms with van der Waals surface area (Å²) in [5, 5.41) is 7.96. The van der Waals surface area contributed by atoms with Crippen LogP contribution in [0, 0.1) is 24.7 Å². The third-order valence-corrected chi connectivity index (χ3v) is 3.21. The Bertz CT molecular complexity index is 810. The first-order chi connectivity index (χ1) is 13.1. The Morgan fingerprint density at radius 3 is 2.04 bits per heavy atom. The average molecular weight is 383 g/mol. The predicted octanol–water partition coefficient (Wildman–Crippen LogP) is 3.74. The number of hydrogen-bond donors (Lipinski definition) is 3. The van der Waals surface area contributed by atoms with Gasteiger partial charge in [-0.25, -0.2) is 4.79 Å². The second kappa shape index (κ2) is 10.6. The van der Waals surface area contributed by atoms with Gasteiger partial charge in [0, 0.05) is 31.4 Å². The van der Waals surface area contributed by atoms with E-state index in [1.807, 2.05) is 0 Å². The van der Waals surface area contributed by atoms with Gasteiger partial charge < -0.3 is 15.4 Å². The van der Waals surface area contributed by atoms with E-state index in [4.69, 9.17) is 17.6 Å². The molecule has 3 amide bonds. The Kier molecular flexibility index (Phi) is 8.58. The van der Waals surface area contributed by atoms with Gasteiger partial charge in [0.15, 0.2) is 0 Å².